The van der Waals surface area contributed by atoms with Gasteiger partial charge in [0.2, 0.25) is 5.89 Å². The lowest BCUT2D eigenvalue weighted by molar-refractivity contribution is -0.130. The van der Waals surface area contributed by atoms with Crippen molar-refractivity contribution in [1.29, 1.82) is 0 Å². The van der Waals surface area contributed by atoms with Gasteiger partial charge in [-0.15, -0.1) is 0 Å². The molecule has 2 aromatic rings. The van der Waals surface area contributed by atoms with Crippen molar-refractivity contribution in [1.82, 2.24) is 4.98 Å². The van der Waals surface area contributed by atoms with Gasteiger partial charge in [-0.2, -0.15) is 13.2 Å². The van der Waals surface area contributed by atoms with Crippen LogP contribution in [0.4, 0.5) is 18.9 Å². The molecule has 0 saturated carbocycles. The van der Waals surface area contributed by atoms with Crippen LogP contribution in [0.5, 0.6) is 0 Å². The van der Waals surface area contributed by atoms with Gasteiger partial charge in [0.05, 0.1) is 0 Å². The summed E-state index contributed by atoms with van der Waals surface area (Å²) in [6.07, 6.45) is -5.48. The third-order valence-electron chi connectivity index (χ3n) is 1.81. The van der Waals surface area contributed by atoms with E-state index in [9.17, 15) is 13.2 Å². The fourth-order valence-corrected chi connectivity index (χ4v) is 1.24. The standard InChI is InChI=1S/C9H7F3N2O/c10-9(11,12)4-8-14-6-3-5(13)1-2-7(6)15-8/h1-3H,4,13H2. The van der Waals surface area contributed by atoms with Crippen molar-refractivity contribution >= 4 is 16.8 Å². The van der Waals surface area contributed by atoms with Gasteiger partial charge < -0.3 is 10.2 Å². The average Bonchev–Trinajstić information content (AvgIpc) is 2.42. The molecule has 1 aromatic carbocycles. The molecule has 2 N–H and O–H groups in total. The van der Waals surface area contributed by atoms with E-state index in [1.807, 2.05) is 0 Å². The third kappa shape index (κ3) is 2.20. The number of nitrogen functional groups attached to an aromatic ring is 1. The molecule has 0 spiro atoms. The van der Waals surface area contributed by atoms with Gasteiger partial charge in [-0.1, -0.05) is 0 Å². The molecular weight excluding hydrogens is 209 g/mol. The number of halogens is 3. The number of benzene rings is 1. The van der Waals surface area contributed by atoms with Crippen LogP contribution in [0.15, 0.2) is 22.6 Å². The van der Waals surface area contributed by atoms with E-state index in [0.29, 0.717) is 16.8 Å². The Kier molecular flexibility index (Phi) is 2.06. The lowest BCUT2D eigenvalue weighted by Gasteiger charge is -2.00. The fourth-order valence-electron chi connectivity index (χ4n) is 1.24. The maximum atomic E-state index is 12.0. The molecule has 2 rings (SSSR count). The molecule has 1 aromatic heterocycles. The van der Waals surface area contributed by atoms with E-state index < -0.39 is 12.6 Å². The summed E-state index contributed by atoms with van der Waals surface area (Å²) in [7, 11) is 0. The zero-order valence-electron chi connectivity index (χ0n) is 7.51. The topological polar surface area (TPSA) is 52.0 Å². The van der Waals surface area contributed by atoms with Gasteiger partial charge in [-0.3, -0.25) is 0 Å². The smallest absolute Gasteiger partial charge is 0.397 e. The first kappa shape index (κ1) is 9.82. The number of fused-ring (bicyclic) bond motifs is 1. The van der Waals surface area contributed by atoms with Gasteiger partial charge in [-0.05, 0) is 18.2 Å². The van der Waals surface area contributed by atoms with E-state index >= 15 is 0 Å². The lowest BCUT2D eigenvalue weighted by atomic mass is 10.3. The second-order valence-electron chi connectivity index (χ2n) is 3.13. The summed E-state index contributed by atoms with van der Waals surface area (Å²) < 4.78 is 41.0. The molecule has 0 bridgehead atoms. The van der Waals surface area contributed by atoms with Crippen molar-refractivity contribution in [3.05, 3.63) is 24.1 Å². The first-order chi connectivity index (χ1) is 6.94. The predicted octanol–water partition coefficient (Wildman–Crippen LogP) is 2.51. The van der Waals surface area contributed by atoms with Crippen LogP contribution in [-0.4, -0.2) is 11.2 Å². The molecule has 0 aliphatic rings. The summed E-state index contributed by atoms with van der Waals surface area (Å²) >= 11 is 0. The number of alkyl halides is 3. The van der Waals surface area contributed by atoms with Gasteiger partial charge in [0.25, 0.3) is 0 Å². The van der Waals surface area contributed by atoms with E-state index in [1.54, 1.807) is 6.07 Å². The largest absolute Gasteiger partial charge is 0.440 e. The van der Waals surface area contributed by atoms with Crippen LogP contribution >= 0.6 is 0 Å². The number of anilines is 1. The summed E-state index contributed by atoms with van der Waals surface area (Å²) in [5.74, 6) is -0.344. The Labute approximate surface area is 82.7 Å². The number of nitrogens with zero attached hydrogens (tertiary/aromatic N) is 1. The van der Waals surface area contributed by atoms with Crippen molar-refractivity contribution in [2.24, 2.45) is 0 Å². The highest BCUT2D eigenvalue weighted by Gasteiger charge is 2.30. The summed E-state index contributed by atoms with van der Waals surface area (Å²) in [5.41, 5.74) is 6.55. The van der Waals surface area contributed by atoms with Crippen molar-refractivity contribution < 1.29 is 17.6 Å². The van der Waals surface area contributed by atoms with Gasteiger partial charge in [0.1, 0.15) is 11.9 Å². The Morgan fingerprint density at radius 2 is 2.07 bits per heavy atom. The molecule has 1 heterocycles. The highest BCUT2D eigenvalue weighted by molar-refractivity contribution is 5.76. The average molecular weight is 216 g/mol. The number of nitrogens with two attached hydrogens (primary N) is 1. The highest BCUT2D eigenvalue weighted by Crippen LogP contribution is 2.24. The first-order valence-electron chi connectivity index (χ1n) is 4.16. The maximum Gasteiger partial charge on any atom is 0.397 e. The van der Waals surface area contributed by atoms with Crippen LogP contribution in [0.3, 0.4) is 0 Å². The molecule has 0 radical (unpaired) electrons. The molecular formula is C9H7F3N2O. The molecule has 3 nitrogen and oxygen atoms in total. The van der Waals surface area contributed by atoms with E-state index in [4.69, 9.17) is 10.2 Å². The van der Waals surface area contributed by atoms with Crippen molar-refractivity contribution in [2.45, 2.75) is 12.6 Å². The third-order valence-corrected chi connectivity index (χ3v) is 1.81. The van der Waals surface area contributed by atoms with Gasteiger partial charge >= 0.3 is 6.18 Å². The molecule has 0 amide bonds. The fraction of sp³-hybridized carbons (Fsp3) is 0.222. The Hall–Kier alpha value is -1.72. The Morgan fingerprint density at radius 1 is 1.33 bits per heavy atom. The maximum absolute atomic E-state index is 12.0. The van der Waals surface area contributed by atoms with Crippen LogP contribution in [-0.2, 0) is 6.42 Å². The van der Waals surface area contributed by atoms with Crippen LogP contribution in [0.1, 0.15) is 5.89 Å². The molecule has 0 unspecified atom stereocenters. The summed E-state index contributed by atoms with van der Waals surface area (Å²) in [6.45, 7) is 0. The lowest BCUT2D eigenvalue weighted by Crippen LogP contribution is -2.11. The normalized spacial score (nSPS) is 12.2. The number of hydrogen-bond donors (Lipinski definition) is 1. The zero-order valence-corrected chi connectivity index (χ0v) is 7.51. The monoisotopic (exact) mass is 216 g/mol. The Morgan fingerprint density at radius 3 is 2.73 bits per heavy atom. The molecule has 0 atom stereocenters. The van der Waals surface area contributed by atoms with Crippen molar-refractivity contribution in [2.75, 3.05) is 5.73 Å². The van der Waals surface area contributed by atoms with E-state index in [2.05, 4.69) is 4.98 Å². The second-order valence-corrected chi connectivity index (χ2v) is 3.13. The molecule has 0 aliphatic carbocycles. The van der Waals surface area contributed by atoms with E-state index in [0.717, 1.165) is 0 Å². The van der Waals surface area contributed by atoms with Crippen LogP contribution in [0, 0.1) is 0 Å². The number of oxazole rings is 1. The summed E-state index contributed by atoms with van der Waals surface area (Å²) in [4.78, 5) is 3.69. The molecule has 6 heteroatoms. The number of rotatable bonds is 1. The molecule has 80 valence electrons. The van der Waals surface area contributed by atoms with E-state index in [-0.39, 0.29) is 5.89 Å². The summed E-state index contributed by atoms with van der Waals surface area (Å²) in [6, 6.07) is 4.52. The van der Waals surface area contributed by atoms with E-state index in [1.165, 1.54) is 12.1 Å². The highest BCUT2D eigenvalue weighted by atomic mass is 19.4. The quantitative estimate of drug-likeness (QED) is 0.745. The van der Waals surface area contributed by atoms with Crippen LogP contribution < -0.4 is 5.73 Å². The van der Waals surface area contributed by atoms with Crippen molar-refractivity contribution in [3.8, 4) is 0 Å². The Bertz CT molecular complexity index is 490. The minimum Gasteiger partial charge on any atom is -0.440 e. The Balaban J connectivity index is 2.39. The second kappa shape index (κ2) is 3.15. The number of hydrogen-bond acceptors (Lipinski definition) is 3. The van der Waals surface area contributed by atoms with Gasteiger partial charge in [-0.25, -0.2) is 4.98 Å². The van der Waals surface area contributed by atoms with Crippen molar-refractivity contribution in [3.63, 3.8) is 0 Å². The van der Waals surface area contributed by atoms with Crippen LogP contribution in [0.2, 0.25) is 0 Å². The summed E-state index contributed by atoms with van der Waals surface area (Å²) in [5, 5.41) is 0. The predicted molar refractivity (Wildman–Crippen MR) is 48.2 cm³/mol. The first-order valence-corrected chi connectivity index (χ1v) is 4.16. The zero-order chi connectivity index (χ0) is 11.1. The molecule has 15 heavy (non-hydrogen) atoms. The molecule has 0 fully saturated rings. The minimum atomic E-state index is -4.31. The number of aromatic nitrogens is 1. The SMILES string of the molecule is Nc1ccc2oc(CC(F)(F)F)nc2c1. The van der Waals surface area contributed by atoms with Gasteiger partial charge in [0, 0.05) is 5.69 Å². The van der Waals surface area contributed by atoms with Crippen LogP contribution in [0.25, 0.3) is 11.1 Å². The molecule has 0 saturated heterocycles. The molecule has 0 aliphatic heterocycles. The van der Waals surface area contributed by atoms with Gasteiger partial charge in [0.15, 0.2) is 5.58 Å². The minimum absolute atomic E-state index is 0.309.